The summed E-state index contributed by atoms with van der Waals surface area (Å²) >= 11 is 1.27. The first-order chi connectivity index (χ1) is 20.6. The van der Waals surface area contributed by atoms with Gasteiger partial charge in [0.15, 0.2) is 11.9 Å². The number of nitrogens with zero attached hydrogens (tertiary/aromatic N) is 6. The maximum Gasteiger partial charge on any atom is 0.410 e. The van der Waals surface area contributed by atoms with Crippen LogP contribution in [0.25, 0.3) is 11.3 Å². The van der Waals surface area contributed by atoms with Gasteiger partial charge in [0, 0.05) is 41.6 Å². The van der Waals surface area contributed by atoms with Crippen molar-refractivity contribution in [1.29, 1.82) is 5.26 Å². The van der Waals surface area contributed by atoms with Crippen LogP contribution in [0.4, 0.5) is 13.6 Å². The van der Waals surface area contributed by atoms with Crippen molar-refractivity contribution >= 4 is 42.2 Å². The van der Waals surface area contributed by atoms with Gasteiger partial charge < -0.3 is 20.5 Å². The molecule has 0 saturated carbocycles. The summed E-state index contributed by atoms with van der Waals surface area (Å²) in [5.74, 6) is -2.13. The second kappa shape index (κ2) is 15.1. The number of carbonyl (C=O) groups excluding carboxylic acids is 1. The Morgan fingerprint density at radius 1 is 1.24 bits per heavy atom. The summed E-state index contributed by atoms with van der Waals surface area (Å²) in [5, 5.41) is 27.9. The molecule has 1 aliphatic rings. The number of aromatic nitrogens is 4. The predicted molar refractivity (Wildman–Crippen MR) is 169 cm³/mol. The lowest BCUT2D eigenvalue weighted by Crippen LogP contribution is -2.40. The molecule has 0 bridgehead atoms. The topological polar surface area (TPSA) is 143 Å². The van der Waals surface area contributed by atoms with Crippen LogP contribution in [0.2, 0.25) is 0 Å². The summed E-state index contributed by atoms with van der Waals surface area (Å²) in [5.41, 5.74) is 5.42. The standard InChI is InChI=1S/C30H31F2N7O3S.2ClH/c1-18(28-36-26(15-43-28)21-7-5-20(13-33)6-8-21)30(41,24-12-22(31)9-10-25(24)32)16-38-17-35-27(37-38)19(2)42-29(40)39-11-3-4-23(39)14-34;;/h5-10,12,15,17-19,23,41H,3-4,11,14,16,34H2,1-2H3;2*1H/t18-,19?,23-,30+;;/m0../s1. The number of thiazole rings is 1. The maximum atomic E-state index is 15.2. The van der Waals surface area contributed by atoms with E-state index in [1.807, 2.05) is 0 Å². The monoisotopic (exact) mass is 679 g/mol. The zero-order valence-corrected chi connectivity index (χ0v) is 26.9. The number of carbonyl (C=O) groups is 1. The van der Waals surface area contributed by atoms with Crippen LogP contribution in [0, 0.1) is 23.0 Å². The number of ether oxygens (including phenoxy) is 1. The number of aliphatic hydroxyl groups is 1. The lowest BCUT2D eigenvalue weighted by Gasteiger charge is -2.33. The van der Waals surface area contributed by atoms with Crippen molar-refractivity contribution in [2.45, 2.75) is 56.9 Å². The number of nitrogens with two attached hydrogens (primary N) is 1. The van der Waals surface area contributed by atoms with Crippen molar-refractivity contribution < 1.29 is 23.4 Å². The first-order valence-electron chi connectivity index (χ1n) is 13.8. The smallest absolute Gasteiger partial charge is 0.410 e. The van der Waals surface area contributed by atoms with Gasteiger partial charge >= 0.3 is 6.09 Å². The third kappa shape index (κ3) is 7.59. The summed E-state index contributed by atoms with van der Waals surface area (Å²) in [6.07, 6.45) is 1.69. The van der Waals surface area contributed by atoms with Gasteiger partial charge in [-0.2, -0.15) is 10.4 Å². The van der Waals surface area contributed by atoms with Crippen molar-refractivity contribution in [3.05, 3.63) is 87.8 Å². The van der Waals surface area contributed by atoms with Gasteiger partial charge in [0.05, 0.1) is 28.9 Å². The van der Waals surface area contributed by atoms with Crippen LogP contribution in [0.5, 0.6) is 0 Å². The molecule has 3 N–H and O–H groups in total. The van der Waals surface area contributed by atoms with Gasteiger partial charge in [-0.05, 0) is 50.1 Å². The fourth-order valence-corrected chi connectivity index (χ4v) is 6.21. The number of rotatable bonds is 9. The third-order valence-corrected chi connectivity index (χ3v) is 8.82. The van der Waals surface area contributed by atoms with Crippen LogP contribution in [0.1, 0.15) is 60.7 Å². The molecular weight excluding hydrogens is 647 g/mol. The van der Waals surface area contributed by atoms with E-state index in [0.717, 1.165) is 36.6 Å². The Kier molecular flexibility index (Phi) is 12.0. The van der Waals surface area contributed by atoms with Crippen molar-refractivity contribution in [3.63, 3.8) is 0 Å². The van der Waals surface area contributed by atoms with Crippen LogP contribution >= 0.6 is 36.2 Å². The van der Waals surface area contributed by atoms with Crippen LogP contribution < -0.4 is 5.73 Å². The number of hydrogen-bond acceptors (Lipinski definition) is 9. The van der Waals surface area contributed by atoms with Crippen LogP contribution in [0.15, 0.2) is 54.2 Å². The molecular formula is C30H33Cl2F2N7O3S. The minimum Gasteiger partial charge on any atom is -0.438 e. The first kappa shape index (κ1) is 35.8. The largest absolute Gasteiger partial charge is 0.438 e. The minimum absolute atomic E-state index is 0. The first-order valence-corrected chi connectivity index (χ1v) is 14.7. The van der Waals surface area contributed by atoms with Gasteiger partial charge in [0.1, 0.15) is 23.6 Å². The van der Waals surface area contributed by atoms with E-state index in [2.05, 4.69) is 21.1 Å². The fraction of sp³-hybridized carbons (Fsp3) is 0.367. The van der Waals surface area contributed by atoms with E-state index in [9.17, 15) is 14.3 Å². The van der Waals surface area contributed by atoms with E-state index < -0.39 is 35.4 Å². The second-order valence-corrected chi connectivity index (χ2v) is 11.5. The van der Waals surface area contributed by atoms with E-state index in [4.69, 9.17) is 15.7 Å². The Bertz CT molecular complexity index is 1650. The number of hydrogen-bond donors (Lipinski definition) is 2. The van der Waals surface area contributed by atoms with E-state index in [0.29, 0.717) is 29.4 Å². The molecule has 10 nitrogen and oxygen atoms in total. The Hall–Kier alpha value is -3.67. The molecule has 1 unspecified atom stereocenters. The van der Waals surface area contributed by atoms with Crippen molar-refractivity contribution in [1.82, 2.24) is 24.6 Å². The molecule has 2 aromatic heterocycles. The number of halogens is 4. The predicted octanol–water partition coefficient (Wildman–Crippen LogP) is 5.71. The molecule has 4 atom stereocenters. The second-order valence-electron chi connectivity index (χ2n) is 10.6. The highest BCUT2D eigenvalue weighted by atomic mass is 35.5. The number of benzene rings is 2. The molecule has 4 aromatic rings. The fourth-order valence-electron chi connectivity index (χ4n) is 5.23. The van der Waals surface area contributed by atoms with Gasteiger partial charge in [-0.1, -0.05) is 19.1 Å². The van der Waals surface area contributed by atoms with Gasteiger partial charge in [0.2, 0.25) is 0 Å². The van der Waals surface area contributed by atoms with Gasteiger partial charge in [-0.3, -0.25) is 0 Å². The lowest BCUT2D eigenvalue weighted by atomic mass is 9.82. The van der Waals surface area contributed by atoms with Gasteiger partial charge in [0.25, 0.3) is 0 Å². The molecule has 1 aliphatic heterocycles. The van der Waals surface area contributed by atoms with E-state index in [-0.39, 0.29) is 48.8 Å². The highest BCUT2D eigenvalue weighted by Crippen LogP contribution is 2.41. The molecule has 3 heterocycles. The third-order valence-electron chi connectivity index (χ3n) is 7.80. The quantitative estimate of drug-likeness (QED) is 0.229. The zero-order chi connectivity index (χ0) is 30.7. The maximum absolute atomic E-state index is 15.2. The van der Waals surface area contributed by atoms with Crippen LogP contribution in [-0.4, -0.2) is 55.0 Å². The summed E-state index contributed by atoms with van der Waals surface area (Å²) < 4.78 is 36.5. The molecule has 0 aliphatic carbocycles. The molecule has 45 heavy (non-hydrogen) atoms. The molecule has 2 aromatic carbocycles. The molecule has 1 fully saturated rings. The van der Waals surface area contributed by atoms with E-state index in [1.54, 1.807) is 48.4 Å². The van der Waals surface area contributed by atoms with E-state index in [1.165, 1.54) is 22.3 Å². The molecule has 240 valence electrons. The Morgan fingerprint density at radius 2 is 1.98 bits per heavy atom. The average molecular weight is 681 g/mol. The summed E-state index contributed by atoms with van der Waals surface area (Å²) in [4.78, 5) is 23.3. The molecule has 5 rings (SSSR count). The number of likely N-dealkylation sites (tertiary alicyclic amines) is 1. The number of amides is 1. The van der Waals surface area contributed by atoms with Crippen molar-refractivity contribution in [3.8, 4) is 17.3 Å². The lowest BCUT2D eigenvalue weighted by molar-refractivity contribution is -0.0118. The van der Waals surface area contributed by atoms with E-state index >= 15 is 4.39 Å². The summed E-state index contributed by atoms with van der Waals surface area (Å²) in [7, 11) is 0. The molecule has 1 saturated heterocycles. The Balaban J connectivity index is 0.00000276. The highest BCUT2D eigenvalue weighted by molar-refractivity contribution is 7.10. The highest BCUT2D eigenvalue weighted by Gasteiger charge is 2.42. The minimum atomic E-state index is -2.00. The van der Waals surface area contributed by atoms with Crippen LogP contribution in [0.3, 0.4) is 0 Å². The van der Waals surface area contributed by atoms with Gasteiger partial charge in [-0.15, -0.1) is 36.2 Å². The SMILES string of the molecule is CC(OC(=O)N1CCC[C@H]1CN)c1ncn(C[C@](O)(c2cc(F)ccc2F)[C@@H](C)c2nc(-c3ccc(C#N)cc3)cs2)n1.Cl.Cl. The molecule has 0 radical (unpaired) electrons. The molecule has 1 amide bonds. The Morgan fingerprint density at radius 3 is 2.67 bits per heavy atom. The molecule has 15 heteroatoms. The number of nitriles is 1. The van der Waals surface area contributed by atoms with Gasteiger partial charge in [-0.25, -0.2) is 28.2 Å². The summed E-state index contributed by atoms with van der Waals surface area (Å²) in [6, 6.07) is 11.8. The zero-order valence-electron chi connectivity index (χ0n) is 24.5. The Labute approximate surface area is 275 Å². The van der Waals surface area contributed by atoms with Crippen molar-refractivity contribution in [2.75, 3.05) is 13.1 Å². The average Bonchev–Trinajstić information content (AvgIpc) is 3.79. The normalized spacial score (nSPS) is 16.9. The van der Waals surface area contributed by atoms with Crippen LogP contribution in [-0.2, 0) is 16.9 Å². The summed E-state index contributed by atoms with van der Waals surface area (Å²) in [6.45, 7) is 3.92. The molecule has 0 spiro atoms. The van der Waals surface area contributed by atoms with Crippen molar-refractivity contribution in [2.24, 2.45) is 5.73 Å².